The van der Waals surface area contributed by atoms with Gasteiger partial charge in [-0.2, -0.15) is 0 Å². The second-order valence-corrected chi connectivity index (χ2v) is 8.05. The van der Waals surface area contributed by atoms with Gasteiger partial charge in [-0.1, -0.05) is 17.7 Å². The van der Waals surface area contributed by atoms with Gasteiger partial charge in [0.05, 0.1) is 25.3 Å². The third-order valence-corrected chi connectivity index (χ3v) is 6.03. The molecule has 30 heavy (non-hydrogen) atoms. The van der Waals surface area contributed by atoms with Crippen molar-refractivity contribution in [3.05, 3.63) is 62.7 Å². The molecule has 0 saturated heterocycles. The van der Waals surface area contributed by atoms with Crippen LogP contribution in [-0.4, -0.2) is 49.1 Å². The Morgan fingerprint density at radius 1 is 1.33 bits per heavy atom. The Balaban J connectivity index is 1.80. The lowest BCUT2D eigenvalue weighted by Gasteiger charge is -2.25. The Bertz CT molecular complexity index is 1150. The number of fused-ring (bicyclic) bond motifs is 1. The summed E-state index contributed by atoms with van der Waals surface area (Å²) in [5.41, 5.74) is 0.334. The van der Waals surface area contributed by atoms with Crippen molar-refractivity contribution in [2.45, 2.75) is 6.04 Å². The Morgan fingerprint density at radius 3 is 2.80 bits per heavy atom. The van der Waals surface area contributed by atoms with Crippen molar-refractivity contribution in [2.75, 3.05) is 27.4 Å². The van der Waals surface area contributed by atoms with Gasteiger partial charge in [-0.15, -0.1) is 11.3 Å². The van der Waals surface area contributed by atoms with Gasteiger partial charge in [-0.3, -0.25) is 9.59 Å². The van der Waals surface area contributed by atoms with Gasteiger partial charge < -0.3 is 23.9 Å². The lowest BCUT2D eigenvalue weighted by molar-refractivity contribution is -0.130. The SMILES string of the molecule is COCCN1C(=O)C(O)=C(C(=O)c2cc3cc(Cl)cc(OC)c3o2)C1c1cccs1. The first-order valence-electron chi connectivity index (χ1n) is 9.04. The van der Waals surface area contributed by atoms with Gasteiger partial charge in [-0.25, -0.2) is 0 Å². The van der Waals surface area contributed by atoms with Gasteiger partial charge >= 0.3 is 0 Å². The van der Waals surface area contributed by atoms with E-state index in [1.54, 1.807) is 12.1 Å². The first-order chi connectivity index (χ1) is 14.5. The normalized spacial score (nSPS) is 16.7. The van der Waals surface area contributed by atoms with Crippen LogP contribution in [0.3, 0.4) is 0 Å². The third kappa shape index (κ3) is 3.36. The van der Waals surface area contributed by atoms with E-state index in [4.69, 9.17) is 25.5 Å². The van der Waals surface area contributed by atoms with Gasteiger partial charge in [0.1, 0.15) is 0 Å². The van der Waals surface area contributed by atoms with E-state index in [1.807, 2.05) is 17.5 Å². The maximum absolute atomic E-state index is 13.4. The Morgan fingerprint density at radius 2 is 2.13 bits per heavy atom. The van der Waals surface area contributed by atoms with Crippen LogP contribution >= 0.6 is 22.9 Å². The number of halogens is 1. The monoisotopic (exact) mass is 447 g/mol. The minimum atomic E-state index is -0.723. The number of ether oxygens (including phenoxy) is 2. The third-order valence-electron chi connectivity index (χ3n) is 4.89. The number of hydrogen-bond donors (Lipinski definition) is 1. The van der Waals surface area contributed by atoms with E-state index in [-0.39, 0.29) is 24.5 Å². The minimum Gasteiger partial charge on any atom is -0.503 e. The molecule has 0 radical (unpaired) electrons. The fourth-order valence-corrected chi connectivity index (χ4v) is 4.59. The molecule has 0 aliphatic carbocycles. The minimum absolute atomic E-state index is 0.0185. The highest BCUT2D eigenvalue weighted by Crippen LogP contribution is 2.41. The number of hydrogen-bond acceptors (Lipinski definition) is 7. The summed E-state index contributed by atoms with van der Waals surface area (Å²) in [6.45, 7) is 0.491. The van der Waals surface area contributed by atoms with Gasteiger partial charge in [-0.05, 0) is 23.6 Å². The standard InChI is InChI=1S/C21H18ClNO6S/c1-27-6-5-23-17(15-4-3-7-30-15)16(19(25)21(23)26)18(24)13-9-11-8-12(22)10-14(28-2)20(11)29-13/h3-4,7-10,17,25H,5-6H2,1-2H3. The van der Waals surface area contributed by atoms with Crippen molar-refractivity contribution in [1.82, 2.24) is 4.90 Å². The lowest BCUT2D eigenvalue weighted by atomic mass is 10.00. The molecule has 3 heterocycles. The van der Waals surface area contributed by atoms with Crippen LogP contribution in [0.15, 0.2) is 51.5 Å². The number of carbonyl (C=O) groups is 2. The summed E-state index contributed by atoms with van der Waals surface area (Å²) in [7, 11) is 2.99. The van der Waals surface area contributed by atoms with Crippen molar-refractivity contribution < 1.29 is 28.6 Å². The molecule has 1 unspecified atom stereocenters. The molecule has 1 amide bonds. The van der Waals surface area contributed by atoms with E-state index < -0.39 is 23.5 Å². The van der Waals surface area contributed by atoms with Gasteiger partial charge in [0, 0.05) is 35.0 Å². The molecule has 7 nitrogen and oxygen atoms in total. The van der Waals surface area contributed by atoms with Crippen molar-refractivity contribution in [3.63, 3.8) is 0 Å². The molecule has 0 bridgehead atoms. The van der Waals surface area contributed by atoms with Crippen molar-refractivity contribution in [2.24, 2.45) is 0 Å². The number of carbonyl (C=O) groups excluding carboxylic acids is 2. The Kier molecular flexibility index (Phi) is 5.55. The zero-order chi connectivity index (χ0) is 21.4. The zero-order valence-electron chi connectivity index (χ0n) is 16.2. The van der Waals surface area contributed by atoms with Gasteiger partial charge in [0.25, 0.3) is 5.91 Å². The number of rotatable bonds is 7. The van der Waals surface area contributed by atoms with E-state index >= 15 is 0 Å². The topological polar surface area (TPSA) is 89.2 Å². The molecule has 1 aliphatic heterocycles. The number of aliphatic hydroxyl groups is 1. The predicted octanol–water partition coefficient (Wildman–Crippen LogP) is 4.38. The van der Waals surface area contributed by atoms with Crippen LogP contribution in [0, 0.1) is 0 Å². The predicted molar refractivity (Wildman–Crippen MR) is 112 cm³/mol. The van der Waals surface area contributed by atoms with Crippen molar-refractivity contribution >= 4 is 45.6 Å². The van der Waals surface area contributed by atoms with E-state index in [0.717, 1.165) is 4.88 Å². The van der Waals surface area contributed by atoms with Crippen LogP contribution in [0.25, 0.3) is 11.0 Å². The van der Waals surface area contributed by atoms with Crippen LogP contribution in [0.1, 0.15) is 21.5 Å². The molecule has 156 valence electrons. The number of Topliss-reactive ketones (excluding diaryl/α,β-unsaturated/α-hetero) is 1. The molecule has 0 fully saturated rings. The molecule has 1 aliphatic rings. The Labute approximate surface area is 181 Å². The molecule has 3 aromatic rings. The molecular weight excluding hydrogens is 430 g/mol. The van der Waals surface area contributed by atoms with E-state index in [9.17, 15) is 14.7 Å². The zero-order valence-corrected chi connectivity index (χ0v) is 17.7. The van der Waals surface area contributed by atoms with E-state index in [1.165, 1.54) is 36.5 Å². The molecule has 0 spiro atoms. The number of aliphatic hydroxyl groups excluding tert-OH is 1. The summed E-state index contributed by atoms with van der Waals surface area (Å²) >= 11 is 7.49. The lowest BCUT2D eigenvalue weighted by Crippen LogP contribution is -2.33. The van der Waals surface area contributed by atoms with Crippen LogP contribution in [-0.2, 0) is 9.53 Å². The highest BCUT2D eigenvalue weighted by atomic mass is 35.5. The number of thiophene rings is 1. The van der Waals surface area contributed by atoms with Crippen molar-refractivity contribution in [3.8, 4) is 5.75 Å². The number of amides is 1. The summed E-state index contributed by atoms with van der Waals surface area (Å²) in [6.07, 6.45) is 0. The van der Waals surface area contributed by atoms with E-state index in [0.29, 0.717) is 21.7 Å². The van der Waals surface area contributed by atoms with Crippen molar-refractivity contribution in [1.29, 1.82) is 0 Å². The molecule has 1 N–H and O–H groups in total. The van der Waals surface area contributed by atoms with Gasteiger partial charge in [0.15, 0.2) is 22.9 Å². The molecule has 1 aromatic carbocycles. The summed E-state index contributed by atoms with van der Waals surface area (Å²) in [5, 5.41) is 13.4. The number of nitrogens with zero attached hydrogens (tertiary/aromatic N) is 1. The number of furan rings is 1. The molecule has 0 saturated carbocycles. The number of methoxy groups -OCH3 is 2. The van der Waals surface area contributed by atoms with E-state index in [2.05, 4.69) is 0 Å². The first kappa shape index (κ1) is 20.5. The second kappa shape index (κ2) is 8.14. The summed E-state index contributed by atoms with van der Waals surface area (Å²) < 4.78 is 16.1. The number of ketones is 1. The quantitative estimate of drug-likeness (QED) is 0.540. The fraction of sp³-hybridized carbons (Fsp3) is 0.238. The molecule has 9 heteroatoms. The van der Waals surface area contributed by atoms with Crippen LogP contribution in [0.5, 0.6) is 5.75 Å². The smallest absolute Gasteiger partial charge is 0.290 e. The van der Waals surface area contributed by atoms with Crippen LogP contribution in [0.4, 0.5) is 0 Å². The highest BCUT2D eigenvalue weighted by Gasteiger charge is 2.44. The summed E-state index contributed by atoms with van der Waals surface area (Å²) in [6, 6.07) is 7.67. The Hall–Kier alpha value is -2.81. The first-order valence-corrected chi connectivity index (χ1v) is 10.3. The molecular formula is C21H18ClNO6S. The second-order valence-electron chi connectivity index (χ2n) is 6.64. The average Bonchev–Trinajstić information content (AvgIpc) is 3.45. The fourth-order valence-electron chi connectivity index (χ4n) is 3.53. The highest BCUT2D eigenvalue weighted by molar-refractivity contribution is 7.10. The number of benzene rings is 1. The maximum atomic E-state index is 13.4. The van der Waals surface area contributed by atoms with Gasteiger partial charge in [0.2, 0.25) is 5.78 Å². The summed E-state index contributed by atoms with van der Waals surface area (Å²) in [4.78, 5) is 28.3. The van der Waals surface area contributed by atoms with Crippen LogP contribution < -0.4 is 4.74 Å². The maximum Gasteiger partial charge on any atom is 0.290 e. The van der Waals surface area contributed by atoms with Crippen LogP contribution in [0.2, 0.25) is 5.02 Å². The largest absolute Gasteiger partial charge is 0.503 e. The average molecular weight is 448 g/mol. The molecule has 4 rings (SSSR count). The summed E-state index contributed by atoms with van der Waals surface area (Å²) in [5.74, 6) is -1.41. The molecule has 1 atom stereocenters. The molecule has 2 aromatic heterocycles.